The van der Waals surface area contributed by atoms with Crippen LogP contribution in [0.25, 0.3) is 0 Å². The molecule has 1 fully saturated rings. The molecule has 1 saturated heterocycles. The summed E-state index contributed by atoms with van der Waals surface area (Å²) in [5.74, 6) is -0.474. The number of anilines is 1. The molecule has 140 valence electrons. The molecule has 26 heavy (non-hydrogen) atoms. The van der Waals surface area contributed by atoms with E-state index in [1.165, 1.54) is 15.2 Å². The maximum absolute atomic E-state index is 12.9. The number of nitrogens with zero attached hydrogens (tertiary/aromatic N) is 3. The summed E-state index contributed by atoms with van der Waals surface area (Å²) in [4.78, 5) is 12.7. The van der Waals surface area contributed by atoms with Crippen molar-refractivity contribution in [2.24, 2.45) is 7.05 Å². The largest absolute Gasteiger partial charge is 0.322 e. The fourth-order valence-electron chi connectivity index (χ4n) is 3.06. The Labute approximate surface area is 154 Å². The fraction of sp³-hybridized carbons (Fsp3) is 0.444. The van der Waals surface area contributed by atoms with Crippen molar-refractivity contribution >= 4 is 21.6 Å². The molecule has 8 heteroatoms. The second kappa shape index (κ2) is 7.59. The Morgan fingerprint density at radius 1 is 1.15 bits per heavy atom. The standard InChI is InChI=1S/C18H24N4O3S/c1-3-14-7-9-15(10-8-14)19-17(23)16-13-21(2)20-18(16)26(24,25)22-11-5-4-6-12-22/h7-10,13H,3-6,11-12H2,1-2H3,(H,19,23). The fourth-order valence-corrected chi connectivity index (χ4v) is 4.70. The molecule has 0 unspecified atom stereocenters. The molecule has 1 aromatic heterocycles. The van der Waals surface area contributed by atoms with Gasteiger partial charge in [-0.05, 0) is 37.0 Å². The van der Waals surface area contributed by atoms with E-state index in [0.29, 0.717) is 18.8 Å². The minimum Gasteiger partial charge on any atom is -0.322 e. The quantitative estimate of drug-likeness (QED) is 0.868. The van der Waals surface area contributed by atoms with E-state index in [0.717, 1.165) is 31.2 Å². The molecule has 0 radical (unpaired) electrons. The second-order valence-corrected chi connectivity index (χ2v) is 8.34. The molecular weight excluding hydrogens is 352 g/mol. The number of amides is 1. The number of benzene rings is 1. The first-order valence-electron chi connectivity index (χ1n) is 8.86. The Bertz CT molecular complexity index is 882. The van der Waals surface area contributed by atoms with Crippen LogP contribution in [-0.4, -0.2) is 41.5 Å². The maximum atomic E-state index is 12.9. The highest BCUT2D eigenvalue weighted by Crippen LogP contribution is 2.23. The smallest absolute Gasteiger partial charge is 0.263 e. The molecule has 1 aliphatic rings. The third kappa shape index (κ3) is 3.81. The molecule has 7 nitrogen and oxygen atoms in total. The van der Waals surface area contributed by atoms with Crippen molar-refractivity contribution in [3.05, 3.63) is 41.6 Å². The summed E-state index contributed by atoms with van der Waals surface area (Å²) >= 11 is 0. The van der Waals surface area contributed by atoms with Crippen LogP contribution < -0.4 is 5.32 Å². The van der Waals surface area contributed by atoms with Crippen molar-refractivity contribution < 1.29 is 13.2 Å². The van der Waals surface area contributed by atoms with E-state index in [2.05, 4.69) is 17.3 Å². The molecule has 2 heterocycles. The van der Waals surface area contributed by atoms with E-state index in [1.54, 1.807) is 7.05 Å². The highest BCUT2D eigenvalue weighted by molar-refractivity contribution is 7.89. The Hall–Kier alpha value is -2.19. The summed E-state index contributed by atoms with van der Waals surface area (Å²) in [5, 5.41) is 6.66. The van der Waals surface area contributed by atoms with Gasteiger partial charge in [0, 0.05) is 32.0 Å². The highest BCUT2D eigenvalue weighted by Gasteiger charge is 2.33. The Morgan fingerprint density at radius 3 is 2.42 bits per heavy atom. The van der Waals surface area contributed by atoms with Crippen LogP contribution in [0, 0.1) is 0 Å². The average molecular weight is 376 g/mol. The molecular formula is C18H24N4O3S. The van der Waals surface area contributed by atoms with Crippen LogP contribution in [0.5, 0.6) is 0 Å². The first kappa shape index (κ1) is 18.6. The van der Waals surface area contributed by atoms with Crippen molar-refractivity contribution in [1.82, 2.24) is 14.1 Å². The number of hydrogen-bond acceptors (Lipinski definition) is 4. The van der Waals surface area contributed by atoms with E-state index in [4.69, 9.17) is 0 Å². The van der Waals surface area contributed by atoms with Gasteiger partial charge < -0.3 is 5.32 Å². The lowest BCUT2D eigenvalue weighted by Crippen LogP contribution is -2.36. The zero-order chi connectivity index (χ0) is 18.7. The molecule has 1 aromatic carbocycles. The van der Waals surface area contributed by atoms with Crippen LogP contribution in [-0.2, 0) is 23.5 Å². The predicted molar refractivity (Wildman–Crippen MR) is 99.6 cm³/mol. The third-order valence-corrected chi connectivity index (χ3v) is 6.39. The second-order valence-electron chi connectivity index (χ2n) is 6.49. The molecule has 0 aliphatic carbocycles. The van der Waals surface area contributed by atoms with Gasteiger partial charge in [0.1, 0.15) is 0 Å². The summed E-state index contributed by atoms with van der Waals surface area (Å²) in [5.41, 5.74) is 1.85. The topological polar surface area (TPSA) is 84.3 Å². The normalized spacial score (nSPS) is 15.8. The molecule has 2 aromatic rings. The van der Waals surface area contributed by atoms with Gasteiger partial charge >= 0.3 is 0 Å². The number of nitrogens with one attached hydrogen (secondary N) is 1. The molecule has 1 aliphatic heterocycles. The van der Waals surface area contributed by atoms with E-state index >= 15 is 0 Å². The van der Waals surface area contributed by atoms with E-state index in [9.17, 15) is 13.2 Å². The number of aryl methyl sites for hydroxylation is 2. The third-order valence-electron chi connectivity index (χ3n) is 4.56. The summed E-state index contributed by atoms with van der Waals surface area (Å²) in [6, 6.07) is 7.49. The van der Waals surface area contributed by atoms with Crippen molar-refractivity contribution in [2.75, 3.05) is 18.4 Å². The molecule has 1 amide bonds. The summed E-state index contributed by atoms with van der Waals surface area (Å²) in [7, 11) is -2.17. The van der Waals surface area contributed by atoms with Gasteiger partial charge in [-0.3, -0.25) is 9.48 Å². The van der Waals surface area contributed by atoms with Gasteiger partial charge in [0.2, 0.25) is 5.03 Å². The van der Waals surface area contributed by atoms with Gasteiger partial charge in [-0.2, -0.15) is 9.40 Å². The minimum atomic E-state index is -3.78. The number of hydrogen-bond donors (Lipinski definition) is 1. The van der Waals surface area contributed by atoms with Crippen LogP contribution in [0.4, 0.5) is 5.69 Å². The van der Waals surface area contributed by atoms with Gasteiger partial charge in [-0.25, -0.2) is 8.42 Å². The zero-order valence-corrected chi connectivity index (χ0v) is 15.9. The van der Waals surface area contributed by atoms with Crippen LogP contribution in [0.15, 0.2) is 35.5 Å². The van der Waals surface area contributed by atoms with Crippen molar-refractivity contribution in [1.29, 1.82) is 0 Å². The Kier molecular flexibility index (Phi) is 5.43. The zero-order valence-electron chi connectivity index (χ0n) is 15.1. The molecule has 0 atom stereocenters. The van der Waals surface area contributed by atoms with Crippen molar-refractivity contribution in [3.63, 3.8) is 0 Å². The van der Waals surface area contributed by atoms with Gasteiger partial charge in [0.05, 0.1) is 5.56 Å². The number of carbonyl (C=O) groups excluding carboxylic acids is 1. The first-order chi connectivity index (χ1) is 12.4. The molecule has 0 spiro atoms. The van der Waals surface area contributed by atoms with Crippen LogP contribution in [0.2, 0.25) is 0 Å². The molecule has 0 saturated carbocycles. The van der Waals surface area contributed by atoms with Crippen LogP contribution >= 0.6 is 0 Å². The van der Waals surface area contributed by atoms with Gasteiger partial charge in [0.25, 0.3) is 15.9 Å². The monoisotopic (exact) mass is 376 g/mol. The number of rotatable bonds is 5. The number of aromatic nitrogens is 2. The minimum absolute atomic E-state index is 0.0673. The SMILES string of the molecule is CCc1ccc(NC(=O)c2cn(C)nc2S(=O)(=O)N2CCCCC2)cc1. The van der Waals surface area contributed by atoms with Crippen molar-refractivity contribution in [3.8, 4) is 0 Å². The summed E-state index contributed by atoms with van der Waals surface area (Å²) in [6.45, 7) is 3.00. The predicted octanol–water partition coefficient (Wildman–Crippen LogP) is 2.41. The van der Waals surface area contributed by atoms with Crippen molar-refractivity contribution in [2.45, 2.75) is 37.6 Å². The van der Waals surface area contributed by atoms with Crippen LogP contribution in [0.1, 0.15) is 42.1 Å². The number of sulfonamides is 1. The highest BCUT2D eigenvalue weighted by atomic mass is 32.2. The van der Waals surface area contributed by atoms with Gasteiger partial charge in [-0.15, -0.1) is 0 Å². The lowest BCUT2D eigenvalue weighted by atomic mass is 10.1. The first-order valence-corrected chi connectivity index (χ1v) is 10.3. The molecule has 0 bridgehead atoms. The maximum Gasteiger partial charge on any atom is 0.263 e. The average Bonchev–Trinajstić information content (AvgIpc) is 3.06. The van der Waals surface area contributed by atoms with Crippen LogP contribution in [0.3, 0.4) is 0 Å². The van der Waals surface area contributed by atoms with Gasteiger partial charge in [-0.1, -0.05) is 25.5 Å². The lowest BCUT2D eigenvalue weighted by Gasteiger charge is -2.25. The molecule has 3 rings (SSSR count). The summed E-state index contributed by atoms with van der Waals surface area (Å²) in [6.07, 6.45) is 5.05. The van der Waals surface area contributed by atoms with E-state index < -0.39 is 15.9 Å². The lowest BCUT2D eigenvalue weighted by molar-refractivity contribution is 0.102. The number of carbonyl (C=O) groups is 1. The molecule has 1 N–H and O–H groups in total. The van der Waals surface area contributed by atoms with Gasteiger partial charge in [0.15, 0.2) is 0 Å². The summed E-state index contributed by atoms with van der Waals surface area (Å²) < 4.78 is 28.7. The Morgan fingerprint density at radius 2 is 1.81 bits per heavy atom. The van der Waals surface area contributed by atoms with E-state index in [-0.39, 0.29) is 10.6 Å². The Balaban J connectivity index is 1.86. The van der Waals surface area contributed by atoms with E-state index in [1.807, 2.05) is 24.3 Å². The number of piperidine rings is 1.